The van der Waals surface area contributed by atoms with E-state index in [0.29, 0.717) is 12.0 Å². The van der Waals surface area contributed by atoms with E-state index < -0.39 is 5.60 Å². The molecule has 114 valence electrons. The van der Waals surface area contributed by atoms with Crippen molar-refractivity contribution in [2.24, 2.45) is 17.3 Å². The molecule has 2 N–H and O–H groups in total. The predicted molar refractivity (Wildman–Crippen MR) is 81.7 cm³/mol. The molecule has 0 aromatic carbocycles. The third kappa shape index (κ3) is 1.94. The highest BCUT2D eigenvalue weighted by Crippen LogP contribution is 2.56. The zero-order chi connectivity index (χ0) is 15.4. The monoisotopic (exact) mass is 288 g/mol. The van der Waals surface area contributed by atoms with Crippen LogP contribution in [0.2, 0.25) is 0 Å². The van der Waals surface area contributed by atoms with Gasteiger partial charge in [0.05, 0.1) is 5.60 Å². The lowest BCUT2D eigenvalue weighted by atomic mass is 9.55. The second kappa shape index (κ2) is 4.57. The van der Waals surface area contributed by atoms with Gasteiger partial charge in [0.1, 0.15) is 0 Å². The van der Waals surface area contributed by atoms with Crippen molar-refractivity contribution in [2.45, 2.75) is 51.6 Å². The summed E-state index contributed by atoms with van der Waals surface area (Å²) in [7, 11) is 0. The van der Waals surface area contributed by atoms with Crippen molar-refractivity contribution < 1.29 is 15.0 Å². The molecule has 0 radical (unpaired) electrons. The summed E-state index contributed by atoms with van der Waals surface area (Å²) in [4.78, 5) is 12.6. The van der Waals surface area contributed by atoms with Crippen LogP contribution in [0.25, 0.3) is 0 Å². The molecule has 3 rings (SSSR count). The van der Waals surface area contributed by atoms with E-state index in [1.807, 2.05) is 6.08 Å². The SMILES string of the molecule is C=CC1C=C2C(=O)C(O)=C3C(CCCC3(C)C)[C@@]2(O)CC1. The fourth-order valence-corrected chi connectivity index (χ4v) is 4.50. The minimum Gasteiger partial charge on any atom is -0.504 e. The summed E-state index contributed by atoms with van der Waals surface area (Å²) in [5.41, 5.74) is -0.159. The first-order valence-electron chi connectivity index (χ1n) is 7.87. The molecule has 0 aromatic heterocycles. The second-order valence-corrected chi connectivity index (χ2v) is 7.36. The lowest BCUT2D eigenvalue weighted by Gasteiger charge is -2.51. The van der Waals surface area contributed by atoms with E-state index in [0.717, 1.165) is 31.3 Å². The lowest BCUT2D eigenvalue weighted by Crippen LogP contribution is -2.53. The highest BCUT2D eigenvalue weighted by molar-refractivity contribution is 6.10. The van der Waals surface area contributed by atoms with Crippen molar-refractivity contribution in [1.29, 1.82) is 0 Å². The number of carbonyl (C=O) groups excluding carboxylic acids is 1. The number of allylic oxidation sites excluding steroid dienone is 3. The molecule has 2 unspecified atom stereocenters. The van der Waals surface area contributed by atoms with Crippen LogP contribution in [-0.4, -0.2) is 21.6 Å². The molecule has 1 saturated carbocycles. The zero-order valence-corrected chi connectivity index (χ0v) is 12.9. The number of hydrogen-bond donors (Lipinski definition) is 2. The summed E-state index contributed by atoms with van der Waals surface area (Å²) in [6.45, 7) is 7.90. The van der Waals surface area contributed by atoms with Crippen LogP contribution in [0.1, 0.15) is 46.0 Å². The van der Waals surface area contributed by atoms with Crippen LogP contribution in [0, 0.1) is 17.3 Å². The molecular weight excluding hydrogens is 264 g/mol. The van der Waals surface area contributed by atoms with Gasteiger partial charge in [-0.3, -0.25) is 4.79 Å². The van der Waals surface area contributed by atoms with Gasteiger partial charge in [-0.25, -0.2) is 0 Å². The molecule has 0 aliphatic heterocycles. The topological polar surface area (TPSA) is 57.5 Å². The van der Waals surface area contributed by atoms with E-state index in [2.05, 4.69) is 20.4 Å². The Labute approximate surface area is 126 Å². The van der Waals surface area contributed by atoms with Crippen molar-refractivity contribution >= 4 is 5.78 Å². The van der Waals surface area contributed by atoms with Crippen molar-refractivity contribution in [1.82, 2.24) is 0 Å². The summed E-state index contributed by atoms with van der Waals surface area (Å²) >= 11 is 0. The van der Waals surface area contributed by atoms with Gasteiger partial charge in [-0.2, -0.15) is 0 Å². The second-order valence-electron chi connectivity index (χ2n) is 7.36. The van der Waals surface area contributed by atoms with Crippen LogP contribution in [0.4, 0.5) is 0 Å². The van der Waals surface area contributed by atoms with Gasteiger partial charge in [-0.15, -0.1) is 6.58 Å². The van der Waals surface area contributed by atoms with Gasteiger partial charge in [0.15, 0.2) is 5.76 Å². The average molecular weight is 288 g/mol. The fraction of sp³-hybridized carbons (Fsp3) is 0.611. The minimum atomic E-state index is -1.10. The summed E-state index contributed by atoms with van der Waals surface area (Å²) in [5, 5.41) is 21.7. The Kier molecular flexibility index (Phi) is 3.17. The Morgan fingerprint density at radius 3 is 2.71 bits per heavy atom. The number of aliphatic hydroxyl groups excluding tert-OH is 1. The standard InChI is InChI=1S/C18H24O3/c1-4-11-7-9-18(21)12-6-5-8-17(2,3)14(12)16(20)15(19)13(18)10-11/h4,10-12,20-21H,1,5-9H2,2-3H3/t11?,12?,18-/m0/s1. The zero-order valence-electron chi connectivity index (χ0n) is 12.9. The summed E-state index contributed by atoms with van der Waals surface area (Å²) in [6, 6.07) is 0. The first-order valence-corrected chi connectivity index (χ1v) is 7.87. The predicted octanol–water partition coefficient (Wildman–Crippen LogP) is 3.46. The summed E-state index contributed by atoms with van der Waals surface area (Å²) in [6.07, 6.45) is 7.79. The molecule has 0 aromatic rings. The maximum absolute atomic E-state index is 12.6. The number of aliphatic hydroxyl groups is 2. The highest BCUT2D eigenvalue weighted by atomic mass is 16.3. The maximum Gasteiger partial charge on any atom is 0.225 e. The highest BCUT2D eigenvalue weighted by Gasteiger charge is 2.55. The van der Waals surface area contributed by atoms with Crippen LogP contribution in [0.5, 0.6) is 0 Å². The molecule has 0 bridgehead atoms. The number of Topliss-reactive ketones (excluding diaryl/α,β-unsaturated/α-hetero) is 1. The van der Waals surface area contributed by atoms with Gasteiger partial charge in [-0.05, 0) is 42.6 Å². The van der Waals surface area contributed by atoms with Crippen LogP contribution in [0.3, 0.4) is 0 Å². The molecule has 3 aliphatic rings. The van der Waals surface area contributed by atoms with Crippen LogP contribution < -0.4 is 0 Å². The van der Waals surface area contributed by atoms with Gasteiger partial charge in [0.25, 0.3) is 0 Å². The van der Waals surface area contributed by atoms with E-state index in [-0.39, 0.29) is 28.8 Å². The molecule has 3 nitrogen and oxygen atoms in total. The van der Waals surface area contributed by atoms with E-state index in [1.54, 1.807) is 6.08 Å². The van der Waals surface area contributed by atoms with Crippen LogP contribution >= 0.6 is 0 Å². The van der Waals surface area contributed by atoms with Crippen LogP contribution in [-0.2, 0) is 4.79 Å². The molecule has 21 heavy (non-hydrogen) atoms. The largest absolute Gasteiger partial charge is 0.504 e. The quantitative estimate of drug-likeness (QED) is 0.726. The average Bonchev–Trinajstić information content (AvgIpc) is 2.44. The Bertz CT molecular complexity index is 567. The lowest BCUT2D eigenvalue weighted by molar-refractivity contribution is -0.121. The Hall–Kier alpha value is -1.35. The van der Waals surface area contributed by atoms with E-state index in [4.69, 9.17) is 0 Å². The summed E-state index contributed by atoms with van der Waals surface area (Å²) < 4.78 is 0. The van der Waals surface area contributed by atoms with Gasteiger partial charge >= 0.3 is 0 Å². The first-order chi connectivity index (χ1) is 9.81. The smallest absolute Gasteiger partial charge is 0.225 e. The van der Waals surface area contributed by atoms with Gasteiger partial charge < -0.3 is 10.2 Å². The van der Waals surface area contributed by atoms with E-state index in [1.165, 1.54) is 0 Å². The molecule has 1 fully saturated rings. The van der Waals surface area contributed by atoms with Gasteiger partial charge in [0, 0.05) is 11.5 Å². The van der Waals surface area contributed by atoms with E-state index >= 15 is 0 Å². The molecule has 0 heterocycles. The Morgan fingerprint density at radius 2 is 2.05 bits per heavy atom. The number of fused-ring (bicyclic) bond motifs is 3. The van der Waals surface area contributed by atoms with Gasteiger partial charge in [-0.1, -0.05) is 32.4 Å². The molecular formula is C18H24O3. The third-order valence-electron chi connectivity index (χ3n) is 5.67. The Morgan fingerprint density at radius 1 is 1.33 bits per heavy atom. The third-order valence-corrected chi connectivity index (χ3v) is 5.67. The van der Waals surface area contributed by atoms with Crippen molar-refractivity contribution in [3.63, 3.8) is 0 Å². The molecule has 0 amide bonds. The molecule has 3 aliphatic carbocycles. The molecule has 0 saturated heterocycles. The molecule has 0 spiro atoms. The molecule has 3 heteroatoms. The number of carbonyl (C=O) groups is 1. The number of ketones is 1. The maximum atomic E-state index is 12.6. The first kappa shape index (κ1) is 14.6. The minimum absolute atomic E-state index is 0.107. The molecule has 3 atom stereocenters. The number of rotatable bonds is 1. The van der Waals surface area contributed by atoms with Crippen LogP contribution in [0.15, 0.2) is 35.6 Å². The fourth-order valence-electron chi connectivity index (χ4n) is 4.50. The van der Waals surface area contributed by atoms with Gasteiger partial charge in [0.2, 0.25) is 5.78 Å². The Balaban J connectivity index is 2.19. The summed E-state index contributed by atoms with van der Waals surface area (Å²) in [5.74, 6) is -0.526. The van der Waals surface area contributed by atoms with Crippen molar-refractivity contribution in [3.05, 3.63) is 35.6 Å². The van der Waals surface area contributed by atoms with Crippen molar-refractivity contribution in [3.8, 4) is 0 Å². The van der Waals surface area contributed by atoms with Crippen molar-refractivity contribution in [2.75, 3.05) is 0 Å². The normalized spacial score (nSPS) is 38.4. The number of hydrogen-bond acceptors (Lipinski definition) is 3. The van der Waals surface area contributed by atoms with E-state index in [9.17, 15) is 15.0 Å².